The van der Waals surface area contributed by atoms with Crippen molar-refractivity contribution < 1.29 is 9.47 Å². The molecule has 0 amide bonds. The summed E-state index contributed by atoms with van der Waals surface area (Å²) in [5.74, 6) is 2.46. The first-order valence-electron chi connectivity index (χ1n) is 7.48. The summed E-state index contributed by atoms with van der Waals surface area (Å²) in [4.78, 5) is 0. The van der Waals surface area contributed by atoms with Crippen LogP contribution in [-0.2, 0) is 9.47 Å². The zero-order valence-electron chi connectivity index (χ0n) is 11.9. The standard InChI is InChI=1S/C15H25NO2S/c1-12(8-14-10-17-6-4-16-14)13-2-5-18-15(9-13)3-7-19-11-15/h14,16H,2-11H2,1H3. The van der Waals surface area contributed by atoms with Gasteiger partial charge in [-0.1, -0.05) is 11.1 Å². The fourth-order valence-electron chi connectivity index (χ4n) is 3.39. The third kappa shape index (κ3) is 3.35. The van der Waals surface area contributed by atoms with E-state index in [1.165, 1.54) is 24.3 Å². The lowest BCUT2D eigenvalue weighted by molar-refractivity contribution is -0.0418. The van der Waals surface area contributed by atoms with Gasteiger partial charge in [0.2, 0.25) is 0 Å². The Hall–Kier alpha value is -0.0300. The van der Waals surface area contributed by atoms with Gasteiger partial charge in [-0.25, -0.2) is 0 Å². The maximum atomic E-state index is 6.10. The zero-order chi connectivity index (χ0) is 13.1. The molecule has 3 rings (SSSR count). The molecule has 108 valence electrons. The fourth-order valence-corrected chi connectivity index (χ4v) is 4.75. The molecule has 3 fully saturated rings. The molecule has 3 saturated heterocycles. The molecule has 0 saturated carbocycles. The van der Waals surface area contributed by atoms with Crippen LogP contribution in [0.1, 0.15) is 32.6 Å². The lowest BCUT2D eigenvalue weighted by Gasteiger charge is -2.36. The lowest BCUT2D eigenvalue weighted by Crippen LogP contribution is -2.41. The van der Waals surface area contributed by atoms with Gasteiger partial charge in [-0.2, -0.15) is 11.8 Å². The average Bonchev–Trinajstić information content (AvgIpc) is 2.88. The molecule has 2 atom stereocenters. The molecule has 0 aromatic carbocycles. The van der Waals surface area contributed by atoms with Crippen molar-refractivity contribution in [2.24, 2.45) is 0 Å². The highest BCUT2D eigenvalue weighted by Crippen LogP contribution is 2.41. The molecule has 19 heavy (non-hydrogen) atoms. The highest BCUT2D eigenvalue weighted by molar-refractivity contribution is 7.99. The molecule has 4 heteroatoms. The summed E-state index contributed by atoms with van der Waals surface area (Å²) in [5, 5.41) is 3.56. The first kappa shape index (κ1) is 13.9. The van der Waals surface area contributed by atoms with E-state index in [-0.39, 0.29) is 5.60 Å². The van der Waals surface area contributed by atoms with Gasteiger partial charge in [0.15, 0.2) is 0 Å². The normalized spacial score (nSPS) is 38.7. The maximum absolute atomic E-state index is 6.10. The lowest BCUT2D eigenvalue weighted by atomic mass is 9.86. The van der Waals surface area contributed by atoms with Crippen LogP contribution in [0.15, 0.2) is 11.1 Å². The predicted octanol–water partition coefficient (Wildman–Crippen LogP) is 2.37. The van der Waals surface area contributed by atoms with Crippen molar-refractivity contribution in [3.8, 4) is 0 Å². The Balaban J connectivity index is 1.63. The summed E-state index contributed by atoms with van der Waals surface area (Å²) in [5.41, 5.74) is 3.40. The van der Waals surface area contributed by atoms with Crippen LogP contribution in [0.4, 0.5) is 0 Å². The van der Waals surface area contributed by atoms with Crippen molar-refractivity contribution in [3.05, 3.63) is 11.1 Å². The van der Waals surface area contributed by atoms with Crippen molar-refractivity contribution in [2.45, 2.75) is 44.2 Å². The number of nitrogens with one attached hydrogen (secondary N) is 1. The second kappa shape index (κ2) is 6.17. The van der Waals surface area contributed by atoms with E-state index in [0.717, 1.165) is 39.2 Å². The Bertz CT molecular complexity index is 344. The Morgan fingerprint density at radius 1 is 1.47 bits per heavy atom. The van der Waals surface area contributed by atoms with E-state index in [4.69, 9.17) is 9.47 Å². The van der Waals surface area contributed by atoms with Crippen LogP contribution in [0.25, 0.3) is 0 Å². The Morgan fingerprint density at radius 2 is 2.42 bits per heavy atom. The first-order chi connectivity index (χ1) is 9.27. The molecule has 3 nitrogen and oxygen atoms in total. The SMILES string of the molecule is CC(CC1COCCN1)=C1CCOC2(CCSC2)C1. The minimum absolute atomic E-state index is 0.177. The summed E-state index contributed by atoms with van der Waals surface area (Å²) in [7, 11) is 0. The molecule has 2 unspecified atom stereocenters. The number of ether oxygens (including phenoxy) is 2. The highest BCUT2D eigenvalue weighted by atomic mass is 32.2. The number of hydrogen-bond acceptors (Lipinski definition) is 4. The largest absolute Gasteiger partial charge is 0.379 e. The second-order valence-electron chi connectivity index (χ2n) is 6.07. The predicted molar refractivity (Wildman–Crippen MR) is 79.8 cm³/mol. The van der Waals surface area contributed by atoms with Gasteiger partial charge in [0.05, 0.1) is 25.4 Å². The summed E-state index contributed by atoms with van der Waals surface area (Å²) in [6.07, 6.45) is 4.67. The van der Waals surface area contributed by atoms with Crippen molar-refractivity contribution in [1.82, 2.24) is 5.32 Å². The summed E-state index contributed by atoms with van der Waals surface area (Å²) in [6, 6.07) is 0.512. The molecular weight excluding hydrogens is 258 g/mol. The van der Waals surface area contributed by atoms with Gasteiger partial charge in [0.1, 0.15) is 0 Å². The number of thioether (sulfide) groups is 1. The molecular formula is C15H25NO2S. The van der Waals surface area contributed by atoms with Gasteiger partial charge in [0, 0.05) is 18.3 Å². The van der Waals surface area contributed by atoms with Crippen LogP contribution in [0.5, 0.6) is 0 Å². The van der Waals surface area contributed by atoms with Gasteiger partial charge < -0.3 is 14.8 Å². The number of hydrogen-bond donors (Lipinski definition) is 1. The van der Waals surface area contributed by atoms with E-state index in [0.29, 0.717) is 6.04 Å². The minimum Gasteiger partial charge on any atom is -0.379 e. The highest BCUT2D eigenvalue weighted by Gasteiger charge is 2.38. The third-order valence-corrected chi connectivity index (χ3v) is 5.79. The van der Waals surface area contributed by atoms with E-state index in [1.807, 2.05) is 11.8 Å². The van der Waals surface area contributed by atoms with Gasteiger partial charge in [-0.3, -0.25) is 0 Å². The monoisotopic (exact) mass is 283 g/mol. The molecule has 3 heterocycles. The van der Waals surface area contributed by atoms with E-state index in [1.54, 1.807) is 11.1 Å². The fraction of sp³-hybridized carbons (Fsp3) is 0.867. The van der Waals surface area contributed by atoms with E-state index in [2.05, 4.69) is 12.2 Å². The molecule has 3 aliphatic rings. The van der Waals surface area contributed by atoms with Crippen molar-refractivity contribution in [1.29, 1.82) is 0 Å². The van der Waals surface area contributed by atoms with Crippen molar-refractivity contribution in [2.75, 3.05) is 37.9 Å². The minimum atomic E-state index is 0.177. The quantitative estimate of drug-likeness (QED) is 0.788. The average molecular weight is 283 g/mol. The molecule has 0 aromatic heterocycles. The van der Waals surface area contributed by atoms with Gasteiger partial charge in [0.25, 0.3) is 0 Å². The van der Waals surface area contributed by atoms with Crippen LogP contribution in [0.3, 0.4) is 0 Å². The molecule has 3 aliphatic heterocycles. The Labute approximate surface area is 120 Å². The molecule has 1 N–H and O–H groups in total. The molecule has 0 bridgehead atoms. The van der Waals surface area contributed by atoms with Crippen LogP contribution in [-0.4, -0.2) is 49.5 Å². The zero-order valence-corrected chi connectivity index (χ0v) is 12.7. The first-order valence-corrected chi connectivity index (χ1v) is 8.63. The molecule has 0 radical (unpaired) electrons. The number of rotatable bonds is 2. The summed E-state index contributed by atoms with van der Waals surface area (Å²) >= 11 is 2.05. The Kier molecular flexibility index (Phi) is 4.52. The third-order valence-electron chi connectivity index (χ3n) is 4.57. The number of morpholine rings is 1. The summed E-state index contributed by atoms with van der Waals surface area (Å²) in [6.45, 7) is 5.95. The topological polar surface area (TPSA) is 30.5 Å². The van der Waals surface area contributed by atoms with E-state index < -0.39 is 0 Å². The van der Waals surface area contributed by atoms with Crippen LogP contribution >= 0.6 is 11.8 Å². The smallest absolute Gasteiger partial charge is 0.0817 e. The van der Waals surface area contributed by atoms with E-state index in [9.17, 15) is 0 Å². The molecule has 0 aliphatic carbocycles. The molecule has 1 spiro atoms. The van der Waals surface area contributed by atoms with Crippen LogP contribution < -0.4 is 5.32 Å². The molecule has 0 aromatic rings. The maximum Gasteiger partial charge on any atom is 0.0817 e. The van der Waals surface area contributed by atoms with Crippen LogP contribution in [0, 0.1) is 0 Å². The van der Waals surface area contributed by atoms with Crippen LogP contribution in [0.2, 0.25) is 0 Å². The van der Waals surface area contributed by atoms with Gasteiger partial charge in [-0.15, -0.1) is 0 Å². The van der Waals surface area contributed by atoms with Crippen molar-refractivity contribution in [3.63, 3.8) is 0 Å². The van der Waals surface area contributed by atoms with Gasteiger partial charge in [-0.05, 0) is 38.4 Å². The Morgan fingerprint density at radius 3 is 3.16 bits per heavy atom. The summed E-state index contributed by atoms with van der Waals surface area (Å²) < 4.78 is 11.7. The van der Waals surface area contributed by atoms with Gasteiger partial charge >= 0.3 is 0 Å². The van der Waals surface area contributed by atoms with E-state index >= 15 is 0 Å². The van der Waals surface area contributed by atoms with Crippen molar-refractivity contribution >= 4 is 11.8 Å². The second-order valence-corrected chi connectivity index (χ2v) is 7.18.